The number of aromatic nitrogens is 1. The van der Waals surface area contributed by atoms with Crippen LogP contribution in [-0.4, -0.2) is 24.6 Å². The molecule has 7 heteroatoms. The summed E-state index contributed by atoms with van der Waals surface area (Å²) in [7, 11) is 1.62. The van der Waals surface area contributed by atoms with Crippen LogP contribution in [0.25, 0.3) is 11.3 Å². The van der Waals surface area contributed by atoms with Crippen LogP contribution in [0.15, 0.2) is 52.3 Å². The van der Waals surface area contributed by atoms with E-state index >= 15 is 0 Å². The second-order valence-corrected chi connectivity index (χ2v) is 8.13. The van der Waals surface area contributed by atoms with E-state index in [0.717, 1.165) is 32.8 Å². The molecule has 0 saturated heterocycles. The van der Waals surface area contributed by atoms with Crippen molar-refractivity contribution in [1.82, 2.24) is 4.98 Å². The first-order chi connectivity index (χ1) is 13.5. The van der Waals surface area contributed by atoms with E-state index in [2.05, 4.69) is 40.1 Å². The molecule has 0 unspecified atom stereocenters. The van der Waals surface area contributed by atoms with E-state index in [9.17, 15) is 4.79 Å². The van der Waals surface area contributed by atoms with Crippen molar-refractivity contribution in [3.63, 3.8) is 0 Å². The Morgan fingerprint density at radius 1 is 1.21 bits per heavy atom. The molecule has 1 N–H and O–H groups in total. The molecule has 0 aliphatic carbocycles. The number of nitrogens with zero attached hydrogens (tertiary/aromatic N) is 1. The fraction of sp³-hybridized carbons (Fsp3) is 0.238. The number of para-hydroxylation sites is 1. The van der Waals surface area contributed by atoms with E-state index in [4.69, 9.17) is 9.47 Å². The number of thiazole rings is 1. The van der Waals surface area contributed by atoms with Gasteiger partial charge in [-0.05, 0) is 51.7 Å². The smallest absolute Gasteiger partial charge is 0.264 e. The number of amides is 1. The molecule has 1 heterocycles. The van der Waals surface area contributed by atoms with Gasteiger partial charge in [-0.3, -0.25) is 10.1 Å². The second-order valence-electron chi connectivity index (χ2n) is 6.42. The summed E-state index contributed by atoms with van der Waals surface area (Å²) in [6.45, 7) is 4.13. The average Bonchev–Trinajstić information content (AvgIpc) is 3.15. The molecule has 0 saturated carbocycles. The first-order valence-electron chi connectivity index (χ1n) is 8.79. The number of hydrogen-bond donors (Lipinski definition) is 1. The molecule has 5 nitrogen and oxygen atoms in total. The van der Waals surface area contributed by atoms with Crippen molar-refractivity contribution in [2.75, 3.05) is 19.0 Å². The highest BCUT2D eigenvalue weighted by Gasteiger charge is 2.12. The minimum Gasteiger partial charge on any atom is -0.496 e. The fourth-order valence-electron chi connectivity index (χ4n) is 2.68. The summed E-state index contributed by atoms with van der Waals surface area (Å²) < 4.78 is 11.8. The van der Waals surface area contributed by atoms with Crippen LogP contribution in [0.2, 0.25) is 0 Å². The molecule has 0 spiro atoms. The lowest BCUT2D eigenvalue weighted by Gasteiger charge is -2.13. The monoisotopic (exact) mass is 460 g/mol. The summed E-state index contributed by atoms with van der Waals surface area (Å²) in [5, 5.41) is 5.23. The van der Waals surface area contributed by atoms with E-state index in [1.165, 1.54) is 11.3 Å². The largest absolute Gasteiger partial charge is 0.496 e. The van der Waals surface area contributed by atoms with Gasteiger partial charge in [0.15, 0.2) is 11.7 Å². The molecule has 28 heavy (non-hydrogen) atoms. The standard InChI is InChI=1S/C21H21BrN2O3S/c1-13(2)15-6-4-5-7-18(15)27-11-20(25)24-21-23-17(12-28-21)14-8-9-19(26-3)16(22)10-14/h4-10,12-13H,11H2,1-3H3,(H,23,24,25). The van der Waals surface area contributed by atoms with Gasteiger partial charge in [0, 0.05) is 10.9 Å². The third-order valence-electron chi connectivity index (χ3n) is 4.10. The van der Waals surface area contributed by atoms with Gasteiger partial charge in [0.25, 0.3) is 5.91 Å². The van der Waals surface area contributed by atoms with E-state index in [0.29, 0.717) is 11.0 Å². The van der Waals surface area contributed by atoms with Crippen molar-refractivity contribution in [3.05, 3.63) is 57.9 Å². The molecule has 146 valence electrons. The SMILES string of the molecule is COc1ccc(-c2csc(NC(=O)COc3ccccc3C(C)C)n2)cc1Br. The number of rotatable bonds is 7. The van der Waals surface area contributed by atoms with Gasteiger partial charge in [-0.1, -0.05) is 32.0 Å². The number of halogens is 1. The van der Waals surface area contributed by atoms with Gasteiger partial charge in [0.1, 0.15) is 11.5 Å². The molecule has 1 aromatic heterocycles. The first kappa shape index (κ1) is 20.4. The van der Waals surface area contributed by atoms with Crippen LogP contribution in [0.4, 0.5) is 5.13 Å². The van der Waals surface area contributed by atoms with Crippen molar-refractivity contribution >= 4 is 38.3 Å². The highest BCUT2D eigenvalue weighted by atomic mass is 79.9. The van der Waals surface area contributed by atoms with Crippen LogP contribution in [0.3, 0.4) is 0 Å². The van der Waals surface area contributed by atoms with Gasteiger partial charge in [0.05, 0.1) is 17.3 Å². The van der Waals surface area contributed by atoms with Gasteiger partial charge in [0.2, 0.25) is 0 Å². The number of nitrogens with one attached hydrogen (secondary N) is 1. The lowest BCUT2D eigenvalue weighted by atomic mass is 10.0. The summed E-state index contributed by atoms with van der Waals surface area (Å²) in [5.41, 5.74) is 2.80. The summed E-state index contributed by atoms with van der Waals surface area (Å²) in [6.07, 6.45) is 0. The summed E-state index contributed by atoms with van der Waals surface area (Å²) in [5.74, 6) is 1.57. The summed E-state index contributed by atoms with van der Waals surface area (Å²) >= 11 is 4.85. The maximum Gasteiger partial charge on any atom is 0.264 e. The molecule has 0 aliphatic rings. The maximum absolute atomic E-state index is 12.3. The van der Waals surface area contributed by atoms with Crippen molar-refractivity contribution in [3.8, 4) is 22.8 Å². The topological polar surface area (TPSA) is 60.5 Å². The predicted molar refractivity (Wildman–Crippen MR) is 116 cm³/mol. The zero-order valence-electron chi connectivity index (χ0n) is 15.9. The Balaban J connectivity index is 1.62. The number of hydrogen-bond acceptors (Lipinski definition) is 5. The van der Waals surface area contributed by atoms with Crippen molar-refractivity contribution < 1.29 is 14.3 Å². The quantitative estimate of drug-likeness (QED) is 0.489. The molecule has 3 rings (SSSR count). The maximum atomic E-state index is 12.3. The highest BCUT2D eigenvalue weighted by molar-refractivity contribution is 9.10. The highest BCUT2D eigenvalue weighted by Crippen LogP contribution is 2.32. The molecule has 0 bridgehead atoms. The van der Waals surface area contributed by atoms with E-state index in [1.54, 1.807) is 7.11 Å². The number of carbonyl (C=O) groups excluding carboxylic acids is 1. The zero-order valence-corrected chi connectivity index (χ0v) is 18.3. The van der Waals surface area contributed by atoms with Crippen LogP contribution in [-0.2, 0) is 4.79 Å². The molecular formula is C21H21BrN2O3S. The van der Waals surface area contributed by atoms with Crippen LogP contribution in [0.1, 0.15) is 25.3 Å². The Labute approximate surface area is 176 Å². The molecule has 3 aromatic rings. The predicted octanol–water partition coefficient (Wildman–Crippen LogP) is 5.72. The van der Waals surface area contributed by atoms with Crippen LogP contribution in [0, 0.1) is 0 Å². The Morgan fingerprint density at radius 2 is 2.00 bits per heavy atom. The molecule has 2 aromatic carbocycles. The fourth-order valence-corrected chi connectivity index (χ4v) is 3.95. The van der Waals surface area contributed by atoms with Crippen molar-refractivity contribution in [1.29, 1.82) is 0 Å². The molecule has 1 amide bonds. The van der Waals surface area contributed by atoms with Crippen molar-refractivity contribution in [2.24, 2.45) is 0 Å². The van der Waals surface area contributed by atoms with Crippen LogP contribution >= 0.6 is 27.3 Å². The van der Waals surface area contributed by atoms with Gasteiger partial charge in [-0.2, -0.15) is 0 Å². The third kappa shape index (κ3) is 4.91. The zero-order chi connectivity index (χ0) is 20.1. The Hall–Kier alpha value is -2.38. The second kappa shape index (κ2) is 9.21. The third-order valence-corrected chi connectivity index (χ3v) is 5.48. The van der Waals surface area contributed by atoms with E-state index in [1.807, 2.05) is 47.8 Å². The van der Waals surface area contributed by atoms with Gasteiger partial charge in [-0.25, -0.2) is 4.98 Å². The van der Waals surface area contributed by atoms with Gasteiger partial charge >= 0.3 is 0 Å². The number of methoxy groups -OCH3 is 1. The Bertz CT molecular complexity index is 972. The molecule has 0 fully saturated rings. The Kier molecular flexibility index (Phi) is 6.70. The minimum absolute atomic E-state index is 0.0628. The number of carbonyl (C=O) groups is 1. The molecule has 0 aliphatic heterocycles. The number of benzene rings is 2. The van der Waals surface area contributed by atoms with Crippen LogP contribution < -0.4 is 14.8 Å². The number of ether oxygens (including phenoxy) is 2. The summed E-state index contributed by atoms with van der Waals surface area (Å²) in [6, 6.07) is 13.5. The van der Waals surface area contributed by atoms with E-state index in [-0.39, 0.29) is 12.5 Å². The van der Waals surface area contributed by atoms with Gasteiger partial charge < -0.3 is 9.47 Å². The average molecular weight is 461 g/mol. The summed E-state index contributed by atoms with van der Waals surface area (Å²) in [4.78, 5) is 16.7. The van der Waals surface area contributed by atoms with Crippen molar-refractivity contribution in [2.45, 2.75) is 19.8 Å². The minimum atomic E-state index is -0.240. The normalized spacial score (nSPS) is 10.8. The van der Waals surface area contributed by atoms with E-state index < -0.39 is 0 Å². The lowest BCUT2D eigenvalue weighted by Crippen LogP contribution is -2.20. The Morgan fingerprint density at radius 3 is 2.71 bits per heavy atom. The number of anilines is 1. The van der Waals surface area contributed by atoms with Crippen LogP contribution in [0.5, 0.6) is 11.5 Å². The first-order valence-corrected chi connectivity index (χ1v) is 10.5. The molecule has 0 atom stereocenters. The molecule has 0 radical (unpaired) electrons. The lowest BCUT2D eigenvalue weighted by molar-refractivity contribution is -0.118. The molecular weight excluding hydrogens is 440 g/mol. The van der Waals surface area contributed by atoms with Gasteiger partial charge in [-0.15, -0.1) is 11.3 Å².